The van der Waals surface area contributed by atoms with Crippen molar-refractivity contribution in [2.75, 3.05) is 27.7 Å². The molecule has 0 saturated carbocycles. The Balaban J connectivity index is 1.79. The van der Waals surface area contributed by atoms with E-state index in [1.54, 1.807) is 69.4 Å². The number of nitrogens with zero attached hydrogens (tertiary/aromatic N) is 2. The molecule has 79 heavy (non-hydrogen) atoms. The van der Waals surface area contributed by atoms with E-state index in [0.29, 0.717) is 13.0 Å². The van der Waals surface area contributed by atoms with Crippen LogP contribution < -0.4 is 5.32 Å². The molecule has 17 heteroatoms. The number of esters is 1. The number of nitrogens with one attached hydrogen (secondary N) is 1. The molecule has 3 aliphatic heterocycles. The molecular weight excluding hydrogens is 1010 g/mol. The van der Waals surface area contributed by atoms with Gasteiger partial charge in [0.2, 0.25) is 11.8 Å². The summed E-state index contributed by atoms with van der Waals surface area (Å²) >= 11 is 0. The van der Waals surface area contributed by atoms with Crippen LogP contribution in [0.4, 0.5) is 0 Å². The Morgan fingerprint density at radius 2 is 1.35 bits per heavy atom. The van der Waals surface area contributed by atoms with Crippen molar-refractivity contribution in [3.05, 3.63) is 72.9 Å². The number of rotatable bonds is 23. The average molecular weight is 1120 g/mol. The van der Waals surface area contributed by atoms with Gasteiger partial charge in [0.15, 0.2) is 12.6 Å². The van der Waals surface area contributed by atoms with E-state index in [-0.39, 0.29) is 43.9 Å². The zero-order valence-electron chi connectivity index (χ0n) is 50.7. The molecule has 3 heterocycles. The summed E-state index contributed by atoms with van der Waals surface area (Å²) < 4.78 is 38.1. The maximum atomic E-state index is 14.5. The Bertz CT molecular complexity index is 2020. The van der Waals surface area contributed by atoms with Gasteiger partial charge >= 0.3 is 5.97 Å². The van der Waals surface area contributed by atoms with Crippen LogP contribution in [-0.4, -0.2) is 177 Å². The quantitative estimate of drug-likeness (QED) is 0.0424. The number of aliphatic hydroxyl groups excluding tert-OH is 3. The molecule has 3 saturated heterocycles. The summed E-state index contributed by atoms with van der Waals surface area (Å²) in [5, 5.41) is 62.5. The largest absolute Gasteiger partial charge is 0.459 e. The molecule has 3 aliphatic rings. The fraction of sp³-hybridized carbons (Fsp3) is 0.758. The smallest absolute Gasteiger partial charge is 0.311 e. The lowest BCUT2D eigenvalue weighted by atomic mass is 9.77. The second kappa shape index (κ2) is 33.5. The lowest BCUT2D eigenvalue weighted by molar-refractivity contribution is -0.317. The Hall–Kier alpha value is -3.59. The van der Waals surface area contributed by atoms with Crippen LogP contribution in [0.2, 0.25) is 0 Å². The molecule has 452 valence electrons. The number of hydrogen-bond donors (Lipinski definition) is 6. The summed E-state index contributed by atoms with van der Waals surface area (Å²) in [7, 11) is 4.86. The number of ether oxygens (including phenoxy) is 6. The van der Waals surface area contributed by atoms with Gasteiger partial charge in [-0.1, -0.05) is 101 Å². The van der Waals surface area contributed by atoms with Crippen molar-refractivity contribution >= 4 is 17.8 Å². The SMILES string of the molecule is CCC=CCC=CCC=CCC=CCC=CCC=CCCC(=O)N[C@@H](C)C(=O)N(C)[C@H]1C[C@@H](C)O[C@@H](O[C@@H]2[C@@H](C)[C@H](O[C@H]3C[C@@](C)(OC)[C@@H](O)[C@H](C)O3)[C@@H](C)C(=O)O[C@H](CC)[C@@](C)(O)[C@H](O)[C@@H](C)N(C)C[C@H](C)C[C@@]2(C)O)[C@@H]1O. The number of carbonyl (C=O) groups excluding carboxylic acids is 3. The number of likely N-dealkylation sites (N-methyl/N-ethyl adjacent to an activating group) is 2. The summed E-state index contributed by atoms with van der Waals surface area (Å²) in [5.41, 5.74) is -4.68. The van der Waals surface area contributed by atoms with Gasteiger partial charge in [0, 0.05) is 45.5 Å². The van der Waals surface area contributed by atoms with Crippen LogP contribution in [0.25, 0.3) is 0 Å². The van der Waals surface area contributed by atoms with Crippen molar-refractivity contribution in [1.82, 2.24) is 15.1 Å². The van der Waals surface area contributed by atoms with E-state index < -0.39 is 120 Å². The molecule has 0 bridgehead atoms. The van der Waals surface area contributed by atoms with E-state index in [1.807, 2.05) is 31.0 Å². The zero-order chi connectivity index (χ0) is 59.3. The standard InChI is InChI=1S/C62H105N3O14/c1-16-18-19-20-21-22-23-24-25-26-27-28-29-30-31-32-33-34-35-36-50(66)63-45(7)57(70)65(14)48-37-42(4)75-59(52(48)67)79-56-43(5)53(78-51-39-61(11,74-15)55(69)47(9)76-51)44(6)58(71)77-49(17-2)62(12,73)54(68)46(8)64(13)40-41(3)38-60(56,10)72/h18-19,21-22,24-25,27-28,30-31,33-34,41-49,51-56,59,67-69,72-73H,16-17,20,23,26,29,32,35-40H2,1-15H3,(H,63,66)/t41-,42-,43+,44-,45+,46-,47+,48+,49-,51+,52-,53+,54-,55+,56-,59+,60-,61-,62-/m1/s1. The molecule has 0 aromatic heterocycles. The van der Waals surface area contributed by atoms with Gasteiger partial charge < -0.3 is 69.1 Å². The Labute approximate surface area is 474 Å². The molecular formula is C62H105N3O14. The Kier molecular flexibility index (Phi) is 29.5. The van der Waals surface area contributed by atoms with Gasteiger partial charge in [-0.25, -0.2) is 0 Å². The fourth-order valence-corrected chi connectivity index (χ4v) is 11.3. The van der Waals surface area contributed by atoms with Crippen molar-refractivity contribution in [1.29, 1.82) is 0 Å². The first-order valence-electron chi connectivity index (χ1n) is 29.2. The number of allylic oxidation sites excluding steroid dienone is 12. The summed E-state index contributed by atoms with van der Waals surface area (Å²) in [6.45, 7) is 21.3. The van der Waals surface area contributed by atoms with Crippen molar-refractivity contribution in [3.8, 4) is 0 Å². The minimum absolute atomic E-state index is 0.0635. The number of amides is 2. The number of methoxy groups -OCH3 is 1. The van der Waals surface area contributed by atoms with E-state index in [0.717, 1.165) is 38.5 Å². The Morgan fingerprint density at radius 1 is 0.810 bits per heavy atom. The molecule has 3 fully saturated rings. The van der Waals surface area contributed by atoms with Crippen molar-refractivity contribution in [2.45, 2.75) is 256 Å². The normalized spacial score (nSPS) is 37.5. The minimum Gasteiger partial charge on any atom is -0.459 e. The third-order valence-electron chi connectivity index (χ3n) is 16.3. The highest BCUT2D eigenvalue weighted by Gasteiger charge is 2.53. The van der Waals surface area contributed by atoms with Crippen LogP contribution in [0.5, 0.6) is 0 Å². The molecule has 3 rings (SSSR count). The molecule has 0 aromatic rings. The van der Waals surface area contributed by atoms with Crippen molar-refractivity contribution in [2.24, 2.45) is 17.8 Å². The highest BCUT2D eigenvalue weighted by molar-refractivity contribution is 5.87. The first-order chi connectivity index (χ1) is 37.2. The topological polar surface area (TPSA) is 226 Å². The molecule has 0 spiro atoms. The monoisotopic (exact) mass is 1120 g/mol. The van der Waals surface area contributed by atoms with Crippen LogP contribution in [-0.2, 0) is 42.8 Å². The van der Waals surface area contributed by atoms with E-state index >= 15 is 0 Å². The highest BCUT2D eigenvalue weighted by Crippen LogP contribution is 2.40. The Morgan fingerprint density at radius 3 is 1.89 bits per heavy atom. The average Bonchev–Trinajstić information content (AvgIpc) is 3.45. The minimum atomic E-state index is -1.87. The molecule has 6 N–H and O–H groups in total. The molecule has 0 aliphatic carbocycles. The van der Waals surface area contributed by atoms with Crippen LogP contribution in [0.3, 0.4) is 0 Å². The highest BCUT2D eigenvalue weighted by atomic mass is 16.7. The van der Waals surface area contributed by atoms with Crippen LogP contribution in [0.1, 0.15) is 160 Å². The third kappa shape index (κ3) is 21.0. The number of cyclic esters (lactones) is 1. The number of hydrogen-bond acceptors (Lipinski definition) is 15. The van der Waals surface area contributed by atoms with Gasteiger partial charge in [0.1, 0.15) is 36.1 Å². The molecule has 19 atom stereocenters. The third-order valence-corrected chi connectivity index (χ3v) is 16.3. The molecule has 0 unspecified atom stereocenters. The zero-order valence-corrected chi connectivity index (χ0v) is 50.7. The lowest BCUT2D eigenvalue weighted by Gasteiger charge is -2.49. The maximum Gasteiger partial charge on any atom is 0.311 e. The van der Waals surface area contributed by atoms with Gasteiger partial charge in [-0.05, 0) is 133 Å². The van der Waals surface area contributed by atoms with E-state index in [9.17, 15) is 39.9 Å². The second-order valence-electron chi connectivity index (χ2n) is 23.4. The van der Waals surface area contributed by atoms with Crippen molar-refractivity contribution < 1.29 is 68.3 Å². The second-order valence-corrected chi connectivity index (χ2v) is 23.4. The molecule has 0 aromatic carbocycles. The number of carbonyl (C=O) groups is 3. The summed E-state index contributed by atoms with van der Waals surface area (Å²) in [5.74, 6) is -3.73. The predicted molar refractivity (Wildman–Crippen MR) is 308 cm³/mol. The first kappa shape index (κ1) is 69.7. The van der Waals surface area contributed by atoms with Gasteiger partial charge in [0.05, 0.1) is 47.6 Å². The first-order valence-corrected chi connectivity index (χ1v) is 29.2. The van der Waals surface area contributed by atoms with Crippen molar-refractivity contribution in [3.63, 3.8) is 0 Å². The van der Waals surface area contributed by atoms with E-state index in [2.05, 4.69) is 73.0 Å². The van der Waals surface area contributed by atoms with Gasteiger partial charge in [-0.2, -0.15) is 0 Å². The number of aliphatic hydroxyl groups is 5. The fourth-order valence-electron chi connectivity index (χ4n) is 11.3. The summed E-state index contributed by atoms with van der Waals surface area (Å²) in [4.78, 5) is 44.9. The molecule has 2 amide bonds. The summed E-state index contributed by atoms with van der Waals surface area (Å²) in [6, 6.07) is -2.36. The van der Waals surface area contributed by atoms with Crippen LogP contribution >= 0.6 is 0 Å². The summed E-state index contributed by atoms with van der Waals surface area (Å²) in [6.07, 6.45) is 21.3. The van der Waals surface area contributed by atoms with Gasteiger partial charge in [-0.15, -0.1) is 0 Å². The predicted octanol–water partition coefficient (Wildman–Crippen LogP) is 7.78. The van der Waals surface area contributed by atoms with Crippen LogP contribution in [0, 0.1) is 17.8 Å². The van der Waals surface area contributed by atoms with Gasteiger partial charge in [-0.3, -0.25) is 14.4 Å². The van der Waals surface area contributed by atoms with Gasteiger partial charge in [0.25, 0.3) is 0 Å². The lowest BCUT2D eigenvalue weighted by Crippen LogP contribution is -2.62. The molecule has 0 radical (unpaired) electrons. The maximum absolute atomic E-state index is 14.5. The van der Waals surface area contributed by atoms with E-state index in [1.165, 1.54) is 18.9 Å². The van der Waals surface area contributed by atoms with E-state index in [4.69, 9.17) is 28.4 Å². The molecule has 17 nitrogen and oxygen atoms in total. The van der Waals surface area contributed by atoms with Crippen LogP contribution in [0.15, 0.2) is 72.9 Å².